The quantitative estimate of drug-likeness (QED) is 0.131. The van der Waals surface area contributed by atoms with E-state index in [1.165, 1.54) is 37.1 Å². The number of aliphatic hydroxyl groups is 1. The van der Waals surface area contributed by atoms with Crippen LogP contribution in [0.4, 0.5) is 11.9 Å². The lowest BCUT2D eigenvalue weighted by Gasteiger charge is -2.38. The van der Waals surface area contributed by atoms with Gasteiger partial charge in [0.15, 0.2) is 45.2 Å². The second-order valence-electron chi connectivity index (χ2n) is 16.4. The lowest BCUT2D eigenvalue weighted by Crippen LogP contribution is -2.59. The van der Waals surface area contributed by atoms with Crippen LogP contribution in [0, 0.1) is 13.8 Å². The van der Waals surface area contributed by atoms with Crippen molar-refractivity contribution in [1.82, 2.24) is 64.0 Å². The van der Waals surface area contributed by atoms with Gasteiger partial charge in [0.25, 0.3) is 5.91 Å². The van der Waals surface area contributed by atoms with Gasteiger partial charge in [0, 0.05) is 0 Å². The minimum Gasteiger partial charge on any atom is -0.479 e. The molecule has 0 aliphatic carbocycles. The van der Waals surface area contributed by atoms with Gasteiger partial charge in [-0.25, -0.2) is 24.1 Å². The molecule has 1 aliphatic rings. The average molecular weight is 892 g/mol. The summed E-state index contributed by atoms with van der Waals surface area (Å²) in [7, 11) is 0. The van der Waals surface area contributed by atoms with Crippen LogP contribution in [0.5, 0.6) is 0 Å². The Bertz CT molecular complexity index is 3480. The number of furan rings is 2. The zero-order chi connectivity index (χ0) is 46.1. The number of aryl methyl sites for hydroxylation is 2. The number of carbonyl (C=O) groups is 2. The maximum Gasteiger partial charge on any atom is 0.336 e. The van der Waals surface area contributed by atoms with Crippen LogP contribution in [-0.2, 0) is 25.4 Å². The summed E-state index contributed by atoms with van der Waals surface area (Å²) in [5, 5.41) is 42.3. The van der Waals surface area contributed by atoms with Crippen LogP contribution in [0.25, 0.3) is 56.5 Å². The van der Waals surface area contributed by atoms with Gasteiger partial charge in [0.2, 0.25) is 23.5 Å². The number of hydrogen-bond donors (Lipinski definition) is 5. The fourth-order valence-electron chi connectivity index (χ4n) is 7.93. The van der Waals surface area contributed by atoms with Gasteiger partial charge in [-0.3, -0.25) is 4.79 Å². The van der Waals surface area contributed by atoms with E-state index in [1.807, 2.05) is 56.3 Å². The molecule has 11 rings (SSSR count). The number of anilines is 2. The van der Waals surface area contributed by atoms with E-state index >= 15 is 0 Å². The third-order valence-corrected chi connectivity index (χ3v) is 11.7. The number of aromatic nitrogens is 12. The molecule has 7 N–H and O–H groups in total. The molecular weight excluding hydrogens is 851 g/mol. The second kappa shape index (κ2) is 15.3. The summed E-state index contributed by atoms with van der Waals surface area (Å²) in [6.07, 6.45) is 6.17. The van der Waals surface area contributed by atoms with E-state index in [0.717, 1.165) is 11.1 Å². The number of carboxylic acid groups (broad SMARTS) is 1. The van der Waals surface area contributed by atoms with Gasteiger partial charge in [-0.1, -0.05) is 59.7 Å². The van der Waals surface area contributed by atoms with Gasteiger partial charge >= 0.3 is 5.97 Å². The molecule has 0 radical (unpaired) electrons. The van der Waals surface area contributed by atoms with E-state index in [1.54, 1.807) is 50.4 Å². The molecule has 1 fully saturated rings. The van der Waals surface area contributed by atoms with Crippen LogP contribution in [0.3, 0.4) is 0 Å². The summed E-state index contributed by atoms with van der Waals surface area (Å²) >= 11 is 0. The monoisotopic (exact) mass is 891 g/mol. The van der Waals surface area contributed by atoms with Crippen molar-refractivity contribution in [3.05, 3.63) is 120 Å². The van der Waals surface area contributed by atoms with Gasteiger partial charge in [-0.15, -0.1) is 10.2 Å². The Morgan fingerprint density at radius 3 is 1.62 bits per heavy atom. The number of carboxylic acids is 1. The predicted octanol–water partition coefficient (Wildman–Crippen LogP) is 3.74. The zero-order valence-electron chi connectivity index (χ0n) is 35.8. The third-order valence-electron chi connectivity index (χ3n) is 11.7. The van der Waals surface area contributed by atoms with Crippen LogP contribution in [0.2, 0.25) is 0 Å². The minimum atomic E-state index is -1.50. The van der Waals surface area contributed by atoms with Gasteiger partial charge < -0.3 is 40.6 Å². The molecule has 2 atom stereocenters. The molecule has 334 valence electrons. The third kappa shape index (κ3) is 6.65. The highest BCUT2D eigenvalue weighted by molar-refractivity contribution is 5.95. The minimum absolute atomic E-state index is 0.0446. The standard InChI is InChI=1S/C24H24N8O4.C20H17N7O3/c1-14-5-3-6-15(9-14)23(2,21(33)26-11-24(34)12-35-13-24)32-20-16(10-27-32)19-28-18(17-7-4-8-36-17)30-31(19)22(25)29-20;1-11-5-3-6-12(9-11)20(2,18(28)29)27-17-13(10-22-27)16-23-15(14-7-4-8-30-14)25-26(16)19(21)24-17/h3-10,34H,11-13H2,1-2H3,(H2,25,29)(H,26,33);3-10H,1-2H3,(H2,21,24)(H,28,29). The number of carbonyl (C=O) groups excluding carboxylic acids is 1. The van der Waals surface area contributed by atoms with E-state index in [2.05, 4.69) is 45.6 Å². The molecule has 1 aliphatic heterocycles. The van der Waals surface area contributed by atoms with Crippen molar-refractivity contribution in [2.75, 3.05) is 31.2 Å². The topological polar surface area (TPSA) is 296 Å². The van der Waals surface area contributed by atoms with E-state index in [4.69, 9.17) is 25.0 Å². The average Bonchev–Trinajstić information content (AvgIpc) is 4.15. The second-order valence-corrected chi connectivity index (χ2v) is 16.4. The SMILES string of the molecule is Cc1cccc(C(C)(C(=O)NCC2(O)COC2)n2ncc3c2nc(N)n2nc(-c4ccco4)nc32)c1.Cc1cccc(C(C)(C(=O)O)n2ncc3c2nc(N)n2nc(-c4ccco4)nc32)c1. The number of fused-ring (bicyclic) bond motifs is 6. The molecule has 10 aromatic rings. The predicted molar refractivity (Wildman–Crippen MR) is 237 cm³/mol. The Kier molecular flexibility index (Phi) is 9.65. The van der Waals surface area contributed by atoms with Crippen molar-refractivity contribution in [3.8, 4) is 23.2 Å². The summed E-state index contributed by atoms with van der Waals surface area (Å²) < 4.78 is 21.6. The van der Waals surface area contributed by atoms with Crippen LogP contribution >= 0.6 is 0 Å². The Morgan fingerprint density at radius 1 is 0.712 bits per heavy atom. The molecule has 9 heterocycles. The maximum absolute atomic E-state index is 13.8. The fraction of sp³-hybridized carbons (Fsp3) is 0.227. The fourth-order valence-corrected chi connectivity index (χ4v) is 7.93. The number of aliphatic carboxylic acids is 1. The van der Waals surface area contributed by atoms with Crippen molar-refractivity contribution in [1.29, 1.82) is 0 Å². The molecule has 2 aromatic carbocycles. The number of benzene rings is 2. The molecule has 0 spiro atoms. The summed E-state index contributed by atoms with van der Waals surface area (Å²) in [6.45, 7) is 7.56. The first-order valence-electron chi connectivity index (χ1n) is 20.5. The van der Waals surface area contributed by atoms with Crippen molar-refractivity contribution >= 4 is 57.1 Å². The zero-order valence-corrected chi connectivity index (χ0v) is 35.8. The normalized spacial score (nSPS) is 15.3. The summed E-state index contributed by atoms with van der Waals surface area (Å²) in [6, 6.07) is 21.8. The first kappa shape index (κ1) is 41.5. The van der Waals surface area contributed by atoms with E-state index in [0.29, 0.717) is 67.7 Å². The maximum atomic E-state index is 13.8. The molecule has 1 amide bonds. The Hall–Kier alpha value is -8.50. The van der Waals surface area contributed by atoms with E-state index in [-0.39, 0.29) is 37.6 Å². The number of nitrogens with one attached hydrogen (secondary N) is 1. The Balaban J connectivity index is 0.000000158. The molecule has 22 nitrogen and oxygen atoms in total. The molecule has 0 bridgehead atoms. The molecule has 1 saturated heterocycles. The molecule has 66 heavy (non-hydrogen) atoms. The highest BCUT2D eigenvalue weighted by Crippen LogP contribution is 2.34. The van der Waals surface area contributed by atoms with Gasteiger partial charge in [-0.2, -0.15) is 29.2 Å². The van der Waals surface area contributed by atoms with Crippen LogP contribution in [-0.4, -0.2) is 106 Å². The lowest BCUT2D eigenvalue weighted by atomic mass is 9.89. The number of nitrogens with two attached hydrogens (primary N) is 2. The number of ether oxygens (including phenoxy) is 1. The van der Waals surface area contributed by atoms with E-state index < -0.39 is 22.6 Å². The largest absolute Gasteiger partial charge is 0.479 e. The number of hydrogen-bond acceptors (Lipinski definition) is 16. The van der Waals surface area contributed by atoms with Crippen LogP contribution < -0.4 is 16.8 Å². The smallest absolute Gasteiger partial charge is 0.336 e. The Morgan fingerprint density at radius 2 is 1.20 bits per heavy atom. The number of nitrogen functional groups attached to an aromatic ring is 2. The lowest BCUT2D eigenvalue weighted by molar-refractivity contribution is -0.176. The molecule has 2 unspecified atom stereocenters. The van der Waals surface area contributed by atoms with Gasteiger partial charge in [0.1, 0.15) is 5.60 Å². The van der Waals surface area contributed by atoms with Crippen LogP contribution in [0.1, 0.15) is 36.1 Å². The summed E-state index contributed by atoms with van der Waals surface area (Å²) in [5.74, 6) is 0.359. The number of rotatable bonds is 10. The van der Waals surface area contributed by atoms with Gasteiger partial charge in [-0.05, 0) is 63.1 Å². The highest BCUT2D eigenvalue weighted by atomic mass is 16.5. The first-order valence-corrected chi connectivity index (χ1v) is 20.5. The number of amides is 1. The molecule has 8 aromatic heterocycles. The molecular formula is C44H41N15O7. The number of nitrogens with zero attached hydrogens (tertiary/aromatic N) is 12. The first-order chi connectivity index (χ1) is 31.7. The van der Waals surface area contributed by atoms with Crippen molar-refractivity contribution < 1.29 is 33.4 Å². The van der Waals surface area contributed by atoms with Crippen molar-refractivity contribution in [2.24, 2.45) is 0 Å². The molecule has 22 heteroatoms. The van der Waals surface area contributed by atoms with Gasteiger partial charge in [0.05, 0.1) is 55.5 Å². The van der Waals surface area contributed by atoms with Crippen LogP contribution in [0.15, 0.2) is 107 Å². The summed E-state index contributed by atoms with van der Waals surface area (Å²) in [5.41, 5.74) is 13.2. The summed E-state index contributed by atoms with van der Waals surface area (Å²) in [4.78, 5) is 44.3. The molecule has 0 saturated carbocycles. The van der Waals surface area contributed by atoms with Crippen molar-refractivity contribution in [3.63, 3.8) is 0 Å². The highest BCUT2D eigenvalue weighted by Gasteiger charge is 2.44. The van der Waals surface area contributed by atoms with E-state index in [9.17, 15) is 19.8 Å². The van der Waals surface area contributed by atoms with Crippen molar-refractivity contribution in [2.45, 2.75) is 44.4 Å². The Labute approximate surface area is 372 Å².